The van der Waals surface area contributed by atoms with E-state index in [1.807, 2.05) is 14.0 Å². The van der Waals surface area contributed by atoms with E-state index in [1.54, 1.807) is 7.11 Å². The van der Waals surface area contributed by atoms with Gasteiger partial charge in [0.1, 0.15) is 0 Å². The van der Waals surface area contributed by atoms with Crippen LogP contribution in [0, 0.1) is 0 Å². The number of methoxy groups -OCH3 is 1. The Morgan fingerprint density at radius 1 is 1.31 bits per heavy atom. The van der Waals surface area contributed by atoms with Crippen molar-refractivity contribution in [3.63, 3.8) is 0 Å². The molecule has 0 saturated carbocycles. The van der Waals surface area contributed by atoms with Crippen LogP contribution in [0.4, 0.5) is 0 Å². The molecule has 0 saturated heterocycles. The SMILES string of the molecule is CCN(CCOC)S(=O)(=O)CCCCNC. The molecule has 0 fully saturated rings. The largest absolute Gasteiger partial charge is 0.383 e. The van der Waals surface area contributed by atoms with Crippen molar-refractivity contribution in [2.45, 2.75) is 19.8 Å². The predicted molar refractivity (Wildman–Crippen MR) is 66.1 cm³/mol. The first-order chi connectivity index (χ1) is 7.58. The van der Waals surface area contributed by atoms with Gasteiger partial charge in [-0.1, -0.05) is 6.92 Å². The fourth-order valence-corrected chi connectivity index (χ4v) is 2.98. The topological polar surface area (TPSA) is 58.6 Å². The van der Waals surface area contributed by atoms with Crippen LogP contribution in [0.2, 0.25) is 0 Å². The number of hydrogen-bond donors (Lipinski definition) is 1. The van der Waals surface area contributed by atoms with Crippen LogP contribution in [0.25, 0.3) is 0 Å². The van der Waals surface area contributed by atoms with Gasteiger partial charge in [-0.25, -0.2) is 8.42 Å². The lowest BCUT2D eigenvalue weighted by atomic mass is 10.3. The number of rotatable bonds is 10. The van der Waals surface area contributed by atoms with E-state index < -0.39 is 10.0 Å². The van der Waals surface area contributed by atoms with Gasteiger partial charge in [0.25, 0.3) is 0 Å². The van der Waals surface area contributed by atoms with E-state index in [2.05, 4.69) is 5.32 Å². The summed E-state index contributed by atoms with van der Waals surface area (Å²) in [5.41, 5.74) is 0. The summed E-state index contributed by atoms with van der Waals surface area (Å²) in [6.07, 6.45) is 1.59. The van der Waals surface area contributed by atoms with Gasteiger partial charge in [0.2, 0.25) is 10.0 Å². The zero-order valence-corrected chi connectivity index (χ0v) is 11.3. The van der Waals surface area contributed by atoms with E-state index in [0.717, 1.165) is 13.0 Å². The summed E-state index contributed by atoms with van der Waals surface area (Å²) >= 11 is 0. The zero-order valence-electron chi connectivity index (χ0n) is 10.5. The second-order valence-corrected chi connectivity index (χ2v) is 5.70. The zero-order chi connectivity index (χ0) is 12.4. The third-order valence-corrected chi connectivity index (χ3v) is 4.40. The third kappa shape index (κ3) is 6.42. The Labute approximate surface area is 99.2 Å². The molecule has 0 amide bonds. The maximum atomic E-state index is 11.9. The van der Waals surface area contributed by atoms with Crippen molar-refractivity contribution in [2.75, 3.05) is 46.2 Å². The van der Waals surface area contributed by atoms with Crippen LogP contribution in [0.1, 0.15) is 19.8 Å². The monoisotopic (exact) mass is 252 g/mol. The molecule has 5 nitrogen and oxygen atoms in total. The lowest BCUT2D eigenvalue weighted by Gasteiger charge is -2.19. The van der Waals surface area contributed by atoms with Crippen LogP contribution in [-0.4, -0.2) is 58.9 Å². The summed E-state index contributed by atoms with van der Waals surface area (Å²) in [5, 5.41) is 3.00. The second kappa shape index (κ2) is 8.92. The number of nitrogens with one attached hydrogen (secondary N) is 1. The van der Waals surface area contributed by atoms with Gasteiger partial charge < -0.3 is 10.1 Å². The van der Waals surface area contributed by atoms with Crippen molar-refractivity contribution >= 4 is 10.0 Å². The van der Waals surface area contributed by atoms with E-state index in [4.69, 9.17) is 4.74 Å². The molecule has 0 aliphatic rings. The number of nitrogens with zero attached hydrogens (tertiary/aromatic N) is 1. The highest BCUT2D eigenvalue weighted by atomic mass is 32.2. The molecule has 0 heterocycles. The first-order valence-electron chi connectivity index (χ1n) is 5.69. The van der Waals surface area contributed by atoms with Gasteiger partial charge in [-0.15, -0.1) is 0 Å². The first-order valence-corrected chi connectivity index (χ1v) is 7.30. The summed E-state index contributed by atoms with van der Waals surface area (Å²) in [6.45, 7) is 4.11. The van der Waals surface area contributed by atoms with Crippen LogP contribution < -0.4 is 5.32 Å². The van der Waals surface area contributed by atoms with Crippen LogP contribution in [0.15, 0.2) is 0 Å². The molecule has 0 aromatic rings. The van der Waals surface area contributed by atoms with Crippen LogP contribution in [0.3, 0.4) is 0 Å². The van der Waals surface area contributed by atoms with E-state index in [0.29, 0.717) is 26.1 Å². The van der Waals surface area contributed by atoms with Crippen LogP contribution >= 0.6 is 0 Å². The Morgan fingerprint density at radius 3 is 2.50 bits per heavy atom. The fourth-order valence-electron chi connectivity index (χ4n) is 1.40. The maximum absolute atomic E-state index is 11.9. The average Bonchev–Trinajstić information content (AvgIpc) is 2.25. The first kappa shape index (κ1) is 15.8. The van der Waals surface area contributed by atoms with Crippen molar-refractivity contribution in [1.82, 2.24) is 9.62 Å². The minimum atomic E-state index is -3.10. The normalized spacial score (nSPS) is 12.2. The van der Waals surface area contributed by atoms with E-state index in [1.165, 1.54) is 4.31 Å². The number of sulfonamides is 1. The molecular formula is C10H24N2O3S. The fraction of sp³-hybridized carbons (Fsp3) is 1.00. The van der Waals surface area contributed by atoms with Crippen molar-refractivity contribution < 1.29 is 13.2 Å². The Kier molecular flexibility index (Phi) is 8.83. The standard InChI is InChI=1S/C10H24N2O3S/c1-4-12(8-9-15-3)16(13,14)10-6-5-7-11-2/h11H,4-10H2,1-3H3. The van der Waals surface area contributed by atoms with E-state index in [9.17, 15) is 8.42 Å². The number of ether oxygens (including phenoxy) is 1. The van der Waals surface area contributed by atoms with Gasteiger partial charge in [-0.3, -0.25) is 0 Å². The molecule has 0 aliphatic carbocycles. The summed E-state index contributed by atoms with van der Waals surface area (Å²) in [4.78, 5) is 0. The summed E-state index contributed by atoms with van der Waals surface area (Å²) < 4.78 is 30.1. The minimum Gasteiger partial charge on any atom is -0.383 e. The molecule has 0 atom stereocenters. The molecule has 0 unspecified atom stereocenters. The van der Waals surface area contributed by atoms with Gasteiger partial charge >= 0.3 is 0 Å². The lowest BCUT2D eigenvalue weighted by molar-refractivity contribution is 0.180. The van der Waals surface area contributed by atoms with Crippen LogP contribution in [-0.2, 0) is 14.8 Å². The Morgan fingerprint density at radius 2 is 2.00 bits per heavy atom. The molecule has 0 aliphatic heterocycles. The molecule has 0 aromatic heterocycles. The third-order valence-electron chi connectivity index (χ3n) is 2.37. The molecule has 0 rings (SSSR count). The van der Waals surface area contributed by atoms with Gasteiger partial charge in [0.05, 0.1) is 12.4 Å². The Bertz CT molecular complexity index is 255. The highest BCUT2D eigenvalue weighted by Gasteiger charge is 2.19. The number of likely N-dealkylation sites (N-methyl/N-ethyl adjacent to an activating group) is 1. The molecule has 0 radical (unpaired) electrons. The molecule has 0 bridgehead atoms. The predicted octanol–water partition coefficient (Wildman–Crippen LogP) is 0.284. The Balaban J connectivity index is 4.05. The van der Waals surface area contributed by atoms with Crippen LogP contribution in [0.5, 0.6) is 0 Å². The van der Waals surface area contributed by atoms with Crippen molar-refractivity contribution in [3.05, 3.63) is 0 Å². The molecular weight excluding hydrogens is 228 g/mol. The molecule has 98 valence electrons. The van der Waals surface area contributed by atoms with Gasteiger partial charge in [0.15, 0.2) is 0 Å². The molecule has 6 heteroatoms. The van der Waals surface area contributed by atoms with Gasteiger partial charge in [-0.05, 0) is 26.4 Å². The molecule has 0 aromatic carbocycles. The van der Waals surface area contributed by atoms with E-state index >= 15 is 0 Å². The maximum Gasteiger partial charge on any atom is 0.214 e. The quantitative estimate of drug-likeness (QED) is 0.568. The number of hydrogen-bond acceptors (Lipinski definition) is 4. The smallest absolute Gasteiger partial charge is 0.214 e. The minimum absolute atomic E-state index is 0.228. The van der Waals surface area contributed by atoms with Gasteiger partial charge in [-0.2, -0.15) is 4.31 Å². The van der Waals surface area contributed by atoms with Gasteiger partial charge in [0, 0.05) is 20.2 Å². The summed E-state index contributed by atoms with van der Waals surface area (Å²) in [7, 11) is 0.344. The van der Waals surface area contributed by atoms with E-state index in [-0.39, 0.29) is 5.75 Å². The Hall–Kier alpha value is -0.170. The molecule has 0 spiro atoms. The van der Waals surface area contributed by atoms with Crippen molar-refractivity contribution in [1.29, 1.82) is 0 Å². The number of unbranched alkanes of at least 4 members (excludes halogenated alkanes) is 1. The summed E-state index contributed by atoms with van der Waals surface area (Å²) in [6, 6.07) is 0. The molecule has 16 heavy (non-hydrogen) atoms. The highest BCUT2D eigenvalue weighted by molar-refractivity contribution is 7.89. The lowest BCUT2D eigenvalue weighted by Crippen LogP contribution is -2.35. The molecule has 1 N–H and O–H groups in total. The van der Waals surface area contributed by atoms with Crippen molar-refractivity contribution in [2.24, 2.45) is 0 Å². The summed E-state index contributed by atoms with van der Waals surface area (Å²) in [5.74, 6) is 0.228. The average molecular weight is 252 g/mol. The highest BCUT2D eigenvalue weighted by Crippen LogP contribution is 2.04. The second-order valence-electron chi connectivity index (χ2n) is 3.61. The van der Waals surface area contributed by atoms with Crippen molar-refractivity contribution in [3.8, 4) is 0 Å².